The molecule has 1 aliphatic rings. The van der Waals surface area contributed by atoms with Crippen LogP contribution in [0.2, 0.25) is 0 Å². The predicted molar refractivity (Wildman–Crippen MR) is 166 cm³/mol. The highest BCUT2D eigenvalue weighted by Gasteiger charge is 2.44. The topological polar surface area (TPSA) is 89.5 Å². The molecule has 3 aromatic carbocycles. The molecule has 1 saturated heterocycles. The molecular weight excluding hydrogens is 560 g/mol. The highest BCUT2D eigenvalue weighted by molar-refractivity contribution is 5.66. The fraction of sp³-hybridized carbons (Fsp3) is 0.444. The number of benzene rings is 3. The second-order valence-electron chi connectivity index (χ2n) is 11.2. The Kier molecular flexibility index (Phi) is 11.9. The van der Waals surface area contributed by atoms with E-state index in [0.29, 0.717) is 26.1 Å². The Morgan fingerprint density at radius 2 is 1.32 bits per heavy atom. The molecule has 1 aliphatic heterocycles. The van der Waals surface area contributed by atoms with E-state index >= 15 is 0 Å². The molecule has 44 heavy (non-hydrogen) atoms. The van der Waals surface area contributed by atoms with Crippen molar-refractivity contribution in [2.75, 3.05) is 26.9 Å². The van der Waals surface area contributed by atoms with E-state index < -0.39 is 24.0 Å². The zero-order valence-corrected chi connectivity index (χ0v) is 26.3. The number of hydrogen-bond donors (Lipinski definition) is 0. The molecule has 4 rings (SSSR count). The third-order valence-corrected chi connectivity index (χ3v) is 8.26. The molecule has 8 heteroatoms. The van der Waals surface area contributed by atoms with Crippen LogP contribution in [-0.2, 0) is 38.9 Å². The molecule has 0 amide bonds. The first kappa shape index (κ1) is 33.2. The van der Waals surface area contributed by atoms with Crippen molar-refractivity contribution in [1.82, 2.24) is 0 Å². The van der Waals surface area contributed by atoms with E-state index in [1.165, 1.54) is 13.8 Å². The van der Waals surface area contributed by atoms with Gasteiger partial charge in [0.15, 0.2) is 12.4 Å². The van der Waals surface area contributed by atoms with Gasteiger partial charge in [-0.25, -0.2) is 0 Å². The normalized spacial score (nSPS) is 21.8. The van der Waals surface area contributed by atoms with E-state index in [9.17, 15) is 9.59 Å². The van der Waals surface area contributed by atoms with Crippen molar-refractivity contribution in [3.05, 3.63) is 102 Å². The Hall–Kier alpha value is -3.72. The predicted octanol–water partition coefficient (Wildman–Crippen LogP) is 6.29. The van der Waals surface area contributed by atoms with Gasteiger partial charge in [-0.1, -0.05) is 86.6 Å². The van der Waals surface area contributed by atoms with E-state index in [4.69, 9.17) is 28.4 Å². The average molecular weight is 605 g/mol. The molecule has 236 valence electrons. The Balaban J connectivity index is 1.46. The molecule has 1 fully saturated rings. The van der Waals surface area contributed by atoms with Crippen LogP contribution in [0.5, 0.6) is 5.75 Å². The van der Waals surface area contributed by atoms with Gasteiger partial charge in [-0.3, -0.25) is 9.59 Å². The van der Waals surface area contributed by atoms with Crippen molar-refractivity contribution in [2.45, 2.75) is 64.6 Å². The van der Waals surface area contributed by atoms with Gasteiger partial charge >= 0.3 is 11.9 Å². The van der Waals surface area contributed by atoms with Crippen LogP contribution in [-0.4, -0.2) is 57.4 Å². The van der Waals surface area contributed by atoms with Gasteiger partial charge in [0.05, 0.1) is 13.2 Å². The molecule has 3 aromatic rings. The highest BCUT2D eigenvalue weighted by atomic mass is 16.7. The van der Waals surface area contributed by atoms with E-state index in [-0.39, 0.29) is 30.5 Å². The lowest BCUT2D eigenvalue weighted by Crippen LogP contribution is -2.53. The number of unbranched alkanes of at least 4 members (excludes halogenated alkanes) is 1. The quantitative estimate of drug-likeness (QED) is 0.120. The Morgan fingerprint density at radius 3 is 1.86 bits per heavy atom. The summed E-state index contributed by atoms with van der Waals surface area (Å²) in [5.74, 6) is -0.0475. The number of carbonyl (C=O) groups is 2. The van der Waals surface area contributed by atoms with Crippen LogP contribution in [0, 0.1) is 11.8 Å². The van der Waals surface area contributed by atoms with Crippen LogP contribution in [0.1, 0.15) is 57.2 Å². The minimum Gasteiger partial charge on any atom is -0.497 e. The van der Waals surface area contributed by atoms with Crippen LogP contribution in [0.25, 0.3) is 0 Å². The first-order valence-electron chi connectivity index (χ1n) is 15.2. The monoisotopic (exact) mass is 604 g/mol. The average Bonchev–Trinajstić information content (AvgIpc) is 3.04. The lowest BCUT2D eigenvalue weighted by molar-refractivity contribution is -0.280. The van der Waals surface area contributed by atoms with Crippen LogP contribution in [0.4, 0.5) is 0 Å². The fourth-order valence-electron chi connectivity index (χ4n) is 5.69. The minimum atomic E-state index is -0.835. The van der Waals surface area contributed by atoms with Crippen molar-refractivity contribution in [3.63, 3.8) is 0 Å². The second-order valence-corrected chi connectivity index (χ2v) is 11.2. The summed E-state index contributed by atoms with van der Waals surface area (Å²) >= 11 is 0. The number of ether oxygens (including phenoxy) is 6. The highest BCUT2D eigenvalue weighted by Crippen LogP contribution is 2.41. The standard InChI is InChI=1S/C36H44O8/c1-25-26(2)34(43-28(4)38)35(44-33(25)24-41-27(3)37)40-22-12-13-23-42-36(29-14-8-6-9-15-29,30-16-10-7-11-17-30)31-18-20-32(39-5)21-19-31/h6-11,14-21,25-26,33-35H,12-13,22-24H2,1-5H3/t25-,26-,33?,34?,35+/m0/s1. The van der Waals surface area contributed by atoms with E-state index in [2.05, 4.69) is 24.3 Å². The van der Waals surface area contributed by atoms with Gasteiger partial charge in [0.25, 0.3) is 0 Å². The molecule has 0 saturated carbocycles. The van der Waals surface area contributed by atoms with Gasteiger partial charge in [0.2, 0.25) is 0 Å². The van der Waals surface area contributed by atoms with Gasteiger partial charge in [0, 0.05) is 33.0 Å². The second kappa shape index (κ2) is 15.8. The SMILES string of the molecule is COc1ccc(C(OCCCCO[C@@H]2OC(COC(C)=O)[C@@H](C)[C@H](C)C2OC(C)=O)(c2ccccc2)c2ccccc2)cc1. The van der Waals surface area contributed by atoms with Crippen molar-refractivity contribution in [3.8, 4) is 5.75 Å². The molecule has 0 radical (unpaired) electrons. The largest absolute Gasteiger partial charge is 0.497 e. The van der Waals surface area contributed by atoms with Crippen LogP contribution >= 0.6 is 0 Å². The van der Waals surface area contributed by atoms with Gasteiger partial charge in [0.1, 0.15) is 18.0 Å². The Labute approximate surface area is 260 Å². The van der Waals surface area contributed by atoms with Crippen LogP contribution < -0.4 is 4.74 Å². The van der Waals surface area contributed by atoms with Crippen molar-refractivity contribution in [2.24, 2.45) is 11.8 Å². The summed E-state index contributed by atoms with van der Waals surface area (Å²) in [4.78, 5) is 23.3. The number of esters is 2. The summed E-state index contributed by atoms with van der Waals surface area (Å²) in [7, 11) is 1.66. The fourth-order valence-corrected chi connectivity index (χ4v) is 5.69. The Bertz CT molecular complexity index is 1270. The van der Waals surface area contributed by atoms with Gasteiger partial charge in [-0.15, -0.1) is 0 Å². The molecule has 0 spiro atoms. The molecule has 8 nitrogen and oxygen atoms in total. The number of carbonyl (C=O) groups excluding carboxylic acids is 2. The maximum absolute atomic E-state index is 11.9. The van der Waals surface area contributed by atoms with Gasteiger partial charge in [-0.2, -0.15) is 0 Å². The maximum Gasteiger partial charge on any atom is 0.303 e. The van der Waals surface area contributed by atoms with E-state index in [0.717, 1.165) is 22.4 Å². The van der Waals surface area contributed by atoms with Gasteiger partial charge in [-0.05, 0) is 47.6 Å². The number of rotatable bonds is 14. The summed E-state index contributed by atoms with van der Waals surface area (Å²) in [5.41, 5.74) is 2.20. The minimum absolute atomic E-state index is 0.00555. The third-order valence-electron chi connectivity index (χ3n) is 8.26. The zero-order chi connectivity index (χ0) is 31.5. The smallest absolute Gasteiger partial charge is 0.303 e. The number of hydrogen-bond acceptors (Lipinski definition) is 8. The zero-order valence-electron chi connectivity index (χ0n) is 26.3. The van der Waals surface area contributed by atoms with Gasteiger partial charge < -0.3 is 28.4 Å². The maximum atomic E-state index is 11.9. The van der Waals surface area contributed by atoms with Crippen LogP contribution in [0.15, 0.2) is 84.9 Å². The van der Waals surface area contributed by atoms with Crippen molar-refractivity contribution < 1.29 is 38.0 Å². The lowest BCUT2D eigenvalue weighted by Gasteiger charge is -2.43. The van der Waals surface area contributed by atoms with Crippen molar-refractivity contribution in [1.29, 1.82) is 0 Å². The third kappa shape index (κ3) is 8.05. The summed E-state index contributed by atoms with van der Waals surface area (Å²) in [6.07, 6.45) is -0.292. The molecular formula is C36H44O8. The van der Waals surface area contributed by atoms with Crippen LogP contribution in [0.3, 0.4) is 0 Å². The molecule has 1 heterocycles. The molecule has 0 aliphatic carbocycles. The molecule has 0 bridgehead atoms. The number of methoxy groups -OCH3 is 1. The summed E-state index contributed by atoms with van der Waals surface area (Å²) in [6, 6.07) is 28.4. The first-order chi connectivity index (χ1) is 21.3. The lowest BCUT2D eigenvalue weighted by atomic mass is 9.80. The summed E-state index contributed by atoms with van der Waals surface area (Å²) in [5, 5.41) is 0. The first-order valence-corrected chi connectivity index (χ1v) is 15.2. The molecule has 0 N–H and O–H groups in total. The molecule has 2 unspecified atom stereocenters. The summed E-state index contributed by atoms with van der Waals surface area (Å²) in [6.45, 7) is 7.70. The van der Waals surface area contributed by atoms with E-state index in [1.807, 2.05) is 74.5 Å². The Morgan fingerprint density at radius 1 is 0.750 bits per heavy atom. The van der Waals surface area contributed by atoms with E-state index in [1.54, 1.807) is 7.11 Å². The van der Waals surface area contributed by atoms with Crippen molar-refractivity contribution >= 4 is 11.9 Å². The molecule has 0 aromatic heterocycles. The molecule has 5 atom stereocenters. The summed E-state index contributed by atoms with van der Waals surface area (Å²) < 4.78 is 35.5.